The lowest BCUT2D eigenvalue weighted by atomic mass is 10.0. The van der Waals surface area contributed by atoms with Crippen molar-refractivity contribution < 1.29 is 14.3 Å². The molecule has 0 bridgehead atoms. The molecule has 11 heteroatoms. The van der Waals surface area contributed by atoms with Gasteiger partial charge in [0.15, 0.2) is 0 Å². The monoisotopic (exact) mass is 533 g/mol. The smallest absolute Gasteiger partial charge is 0.298 e. The Labute approximate surface area is 220 Å². The lowest BCUT2D eigenvalue weighted by Gasteiger charge is -2.39. The number of hydrogen-bond donors (Lipinski definition) is 2. The fourth-order valence-corrected chi connectivity index (χ4v) is 4.95. The molecular weight excluding hydrogens is 505 g/mol. The van der Waals surface area contributed by atoms with Crippen LogP contribution in [0.2, 0.25) is 10.0 Å². The van der Waals surface area contributed by atoms with Gasteiger partial charge < -0.3 is 25.5 Å². The third kappa shape index (κ3) is 5.31. The van der Waals surface area contributed by atoms with Crippen LogP contribution in [0, 0.1) is 17.3 Å². The van der Waals surface area contributed by atoms with Crippen LogP contribution < -0.4 is 20.8 Å². The zero-order valence-corrected chi connectivity index (χ0v) is 22.2. The van der Waals surface area contributed by atoms with Crippen LogP contribution >= 0.6 is 23.2 Å². The number of nitrogens with one attached hydrogen (secondary N) is 1. The van der Waals surface area contributed by atoms with Crippen LogP contribution in [0.4, 0.5) is 5.82 Å². The number of nitrogen functional groups attached to an aromatic ring is 1. The summed E-state index contributed by atoms with van der Waals surface area (Å²) in [5.41, 5.74) is 6.62. The van der Waals surface area contributed by atoms with Gasteiger partial charge in [0.1, 0.15) is 17.3 Å². The number of hydrogen-bond acceptors (Lipinski definition) is 7. The van der Waals surface area contributed by atoms with E-state index in [0.29, 0.717) is 31.6 Å². The van der Waals surface area contributed by atoms with Crippen molar-refractivity contribution in [3.8, 4) is 34.5 Å². The van der Waals surface area contributed by atoms with Gasteiger partial charge in [-0.05, 0) is 32.4 Å². The quantitative estimate of drug-likeness (QED) is 0.417. The maximum Gasteiger partial charge on any atom is 0.298 e. The van der Waals surface area contributed by atoms with Crippen molar-refractivity contribution in [1.29, 1.82) is 5.41 Å². The Bertz CT molecular complexity index is 1270. The molecule has 1 aliphatic heterocycles. The number of ether oxygens (including phenoxy) is 2. The first-order valence-corrected chi connectivity index (χ1v) is 12.0. The Kier molecular flexibility index (Phi) is 8.90. The van der Waals surface area contributed by atoms with Gasteiger partial charge in [-0.2, -0.15) is 0 Å². The molecule has 1 aliphatic rings. The summed E-state index contributed by atoms with van der Waals surface area (Å²) < 4.78 is 12.1. The molecular formula is C25H29Cl2N5O4. The molecule has 0 saturated carbocycles. The highest BCUT2D eigenvalue weighted by atomic mass is 35.5. The lowest BCUT2D eigenvalue weighted by molar-refractivity contribution is -0.127. The van der Waals surface area contributed by atoms with E-state index in [4.69, 9.17) is 43.8 Å². The zero-order valence-electron chi connectivity index (χ0n) is 20.7. The summed E-state index contributed by atoms with van der Waals surface area (Å²) in [6, 6.07) is 3.02. The number of nitrogens with two attached hydrogens (primary N) is 1. The molecule has 1 aromatic heterocycles. The molecule has 2 aromatic rings. The SMILES string of the molecule is CC#CC(=O)N1CCN(C)C(CCn2c(N)c(C=N)cc(-c3c(Cl)c(OC)cc(OC)c3Cl)c2=O)C1. The molecule has 3 rings (SSSR count). The number of amides is 1. The van der Waals surface area contributed by atoms with Crippen molar-refractivity contribution in [2.45, 2.75) is 25.9 Å². The number of halogens is 2. The number of carbonyl (C=O) groups excluding carboxylic acids is 1. The molecule has 1 unspecified atom stereocenters. The average Bonchev–Trinajstić information content (AvgIpc) is 2.86. The highest BCUT2D eigenvalue weighted by molar-refractivity contribution is 6.41. The van der Waals surface area contributed by atoms with Gasteiger partial charge in [0.05, 0.1) is 29.8 Å². The topological polar surface area (TPSA) is 114 Å². The van der Waals surface area contributed by atoms with Crippen molar-refractivity contribution in [3.63, 3.8) is 0 Å². The van der Waals surface area contributed by atoms with Gasteiger partial charge in [-0.15, -0.1) is 0 Å². The number of benzene rings is 1. The normalized spacial score (nSPS) is 15.7. The minimum absolute atomic E-state index is 0.0103. The van der Waals surface area contributed by atoms with E-state index >= 15 is 0 Å². The maximum absolute atomic E-state index is 13.7. The number of piperazine rings is 1. The molecule has 3 N–H and O–H groups in total. The van der Waals surface area contributed by atoms with Crippen molar-refractivity contribution in [2.24, 2.45) is 0 Å². The summed E-state index contributed by atoms with van der Waals surface area (Å²) in [7, 11) is 4.87. The molecule has 0 aliphatic carbocycles. The van der Waals surface area contributed by atoms with Gasteiger partial charge >= 0.3 is 0 Å². The van der Waals surface area contributed by atoms with E-state index in [-0.39, 0.29) is 57.0 Å². The van der Waals surface area contributed by atoms with Crippen molar-refractivity contribution in [2.75, 3.05) is 46.6 Å². The molecule has 36 heavy (non-hydrogen) atoms. The number of anilines is 1. The molecule has 9 nitrogen and oxygen atoms in total. The van der Waals surface area contributed by atoms with E-state index in [0.717, 1.165) is 6.21 Å². The second-order valence-corrected chi connectivity index (χ2v) is 9.09. The first-order valence-electron chi connectivity index (χ1n) is 11.2. The largest absolute Gasteiger partial charge is 0.495 e. The van der Waals surface area contributed by atoms with Gasteiger partial charge in [0.2, 0.25) is 0 Å². The number of aromatic nitrogens is 1. The van der Waals surface area contributed by atoms with Gasteiger partial charge in [-0.3, -0.25) is 19.1 Å². The Hall–Kier alpha value is -3.19. The number of rotatable bonds is 7. The number of likely N-dealkylation sites (N-methyl/N-ethyl adjacent to an activating group) is 1. The maximum atomic E-state index is 13.7. The van der Waals surface area contributed by atoms with Crippen LogP contribution in [0.15, 0.2) is 16.9 Å². The predicted octanol–water partition coefficient (Wildman–Crippen LogP) is 2.98. The van der Waals surface area contributed by atoms with Gasteiger partial charge in [-0.1, -0.05) is 29.1 Å². The Morgan fingerprint density at radius 3 is 2.42 bits per heavy atom. The summed E-state index contributed by atoms with van der Waals surface area (Å²) in [6.45, 7) is 3.65. The van der Waals surface area contributed by atoms with Gasteiger partial charge in [0, 0.05) is 55.6 Å². The van der Waals surface area contributed by atoms with Crippen LogP contribution in [0.25, 0.3) is 11.1 Å². The first kappa shape index (κ1) is 27.4. The van der Waals surface area contributed by atoms with Crippen molar-refractivity contribution in [3.05, 3.63) is 38.1 Å². The predicted molar refractivity (Wildman–Crippen MR) is 143 cm³/mol. The highest BCUT2D eigenvalue weighted by Gasteiger charge is 2.28. The van der Waals surface area contributed by atoms with Crippen molar-refractivity contribution >= 4 is 41.1 Å². The van der Waals surface area contributed by atoms with E-state index in [1.54, 1.807) is 11.8 Å². The third-order valence-electron chi connectivity index (χ3n) is 6.34. The second-order valence-electron chi connectivity index (χ2n) is 8.33. The van der Waals surface area contributed by atoms with Gasteiger partial charge in [0.25, 0.3) is 11.5 Å². The molecule has 192 valence electrons. The molecule has 1 amide bonds. The summed E-state index contributed by atoms with van der Waals surface area (Å²) in [4.78, 5) is 29.8. The van der Waals surface area contributed by atoms with Crippen LogP contribution in [-0.2, 0) is 11.3 Å². The number of pyridine rings is 1. The van der Waals surface area contributed by atoms with Crippen molar-refractivity contribution in [1.82, 2.24) is 14.4 Å². The lowest BCUT2D eigenvalue weighted by Crippen LogP contribution is -2.53. The van der Waals surface area contributed by atoms with E-state index < -0.39 is 5.56 Å². The summed E-state index contributed by atoms with van der Waals surface area (Å²) >= 11 is 13.1. The fourth-order valence-electron chi connectivity index (χ4n) is 4.25. The molecule has 1 atom stereocenters. The minimum atomic E-state index is -0.416. The van der Waals surface area contributed by atoms with Crippen LogP contribution in [0.5, 0.6) is 11.5 Å². The fraction of sp³-hybridized carbons (Fsp3) is 0.400. The third-order valence-corrected chi connectivity index (χ3v) is 7.09. The summed E-state index contributed by atoms with van der Waals surface area (Å²) in [5.74, 6) is 5.75. The number of methoxy groups -OCH3 is 2. The average molecular weight is 534 g/mol. The van der Waals surface area contributed by atoms with E-state index in [2.05, 4.69) is 16.7 Å². The van der Waals surface area contributed by atoms with Crippen LogP contribution in [0.3, 0.4) is 0 Å². The Morgan fingerprint density at radius 2 is 1.86 bits per heavy atom. The first-order chi connectivity index (χ1) is 17.2. The van der Waals surface area contributed by atoms with Crippen LogP contribution in [-0.4, -0.2) is 73.4 Å². The van der Waals surface area contributed by atoms with E-state index in [1.165, 1.54) is 30.9 Å². The summed E-state index contributed by atoms with van der Waals surface area (Å²) in [5, 5.41) is 8.14. The molecule has 0 spiro atoms. The highest BCUT2D eigenvalue weighted by Crippen LogP contribution is 2.45. The molecule has 0 radical (unpaired) electrons. The number of nitrogens with zero attached hydrogens (tertiary/aromatic N) is 3. The van der Waals surface area contributed by atoms with E-state index in [9.17, 15) is 9.59 Å². The summed E-state index contributed by atoms with van der Waals surface area (Å²) in [6.07, 6.45) is 1.61. The van der Waals surface area contributed by atoms with E-state index in [1.807, 2.05) is 7.05 Å². The van der Waals surface area contributed by atoms with Crippen LogP contribution in [0.1, 0.15) is 18.9 Å². The number of carbonyl (C=O) groups is 1. The van der Waals surface area contributed by atoms with Gasteiger partial charge in [-0.25, -0.2) is 0 Å². The Balaban J connectivity index is 2.04. The standard InChI is InChI=1S/C25H29Cl2N5O4/c1-5-6-20(33)31-10-9-30(2)16(14-31)7-8-32-24(29)15(13-28)11-17(25(32)34)21-22(26)18(35-3)12-19(36-4)23(21)27/h11-13,16,28H,7-10,14,29H2,1-4H3. The Morgan fingerprint density at radius 1 is 1.22 bits per heavy atom. The molecule has 2 heterocycles. The molecule has 1 saturated heterocycles. The zero-order chi connectivity index (χ0) is 26.6. The molecule has 1 aromatic carbocycles. The molecule has 1 fully saturated rings. The second kappa shape index (κ2) is 11.7. The minimum Gasteiger partial charge on any atom is -0.495 e.